The molecule has 0 unspecified atom stereocenters. The minimum absolute atomic E-state index is 0.0528. The van der Waals surface area contributed by atoms with Gasteiger partial charge in [0.1, 0.15) is 21.4 Å². The molecule has 0 saturated carbocycles. The number of benzene rings is 1. The van der Waals surface area contributed by atoms with E-state index in [0.29, 0.717) is 23.8 Å². The molecule has 0 radical (unpaired) electrons. The second-order valence-corrected chi connectivity index (χ2v) is 6.95. The molecule has 0 saturated heterocycles. The zero-order valence-corrected chi connectivity index (χ0v) is 15.3. The van der Waals surface area contributed by atoms with Crippen LogP contribution in [0.2, 0.25) is 0 Å². The zero-order chi connectivity index (χ0) is 18.1. The van der Waals surface area contributed by atoms with Crippen molar-refractivity contribution in [3.63, 3.8) is 0 Å². The first kappa shape index (κ1) is 16.5. The van der Waals surface area contributed by atoms with Crippen LogP contribution in [-0.2, 0) is 18.3 Å². The SMILES string of the molecule is CNc1nc2sc(NC(=O)CCc3ccccc3)nc2c2c1ncn2C. The van der Waals surface area contributed by atoms with Crippen LogP contribution in [-0.4, -0.2) is 32.5 Å². The Morgan fingerprint density at radius 2 is 2.00 bits per heavy atom. The number of rotatable bonds is 5. The Balaban J connectivity index is 1.58. The minimum Gasteiger partial charge on any atom is -0.371 e. The summed E-state index contributed by atoms with van der Waals surface area (Å²) in [6.45, 7) is 0. The number of nitrogens with one attached hydrogen (secondary N) is 2. The standard InChI is InChI=1S/C18H18N6OS/c1-19-16-13-15(24(2)10-20-13)14-17(23-16)26-18(22-14)21-12(25)9-8-11-6-4-3-5-7-11/h3-7,10H,8-9H2,1-2H3,(H,19,23)(H,21,22,25). The molecule has 0 aliphatic heterocycles. The molecule has 1 amide bonds. The number of nitrogens with zero attached hydrogens (tertiary/aromatic N) is 4. The number of aromatic nitrogens is 4. The van der Waals surface area contributed by atoms with E-state index in [0.717, 1.165) is 26.9 Å². The van der Waals surface area contributed by atoms with Crippen LogP contribution >= 0.6 is 11.3 Å². The number of hydrogen-bond acceptors (Lipinski definition) is 6. The summed E-state index contributed by atoms with van der Waals surface area (Å²) in [7, 11) is 3.74. The monoisotopic (exact) mass is 366 g/mol. The van der Waals surface area contributed by atoms with Gasteiger partial charge in [-0.3, -0.25) is 4.79 Å². The van der Waals surface area contributed by atoms with E-state index in [1.54, 1.807) is 6.33 Å². The lowest BCUT2D eigenvalue weighted by Crippen LogP contribution is -2.12. The Labute approximate surface area is 154 Å². The maximum absolute atomic E-state index is 12.3. The van der Waals surface area contributed by atoms with Gasteiger partial charge in [0.25, 0.3) is 0 Å². The van der Waals surface area contributed by atoms with Crippen LogP contribution in [0.1, 0.15) is 12.0 Å². The van der Waals surface area contributed by atoms with E-state index in [9.17, 15) is 4.79 Å². The van der Waals surface area contributed by atoms with Gasteiger partial charge >= 0.3 is 0 Å². The molecule has 3 aromatic heterocycles. The van der Waals surface area contributed by atoms with Crippen molar-refractivity contribution >= 4 is 49.6 Å². The van der Waals surface area contributed by atoms with E-state index in [2.05, 4.69) is 25.6 Å². The van der Waals surface area contributed by atoms with Gasteiger partial charge in [0, 0.05) is 20.5 Å². The maximum atomic E-state index is 12.3. The highest BCUT2D eigenvalue weighted by Gasteiger charge is 2.17. The molecule has 0 bridgehead atoms. The number of imidazole rings is 1. The fourth-order valence-electron chi connectivity index (χ4n) is 2.89. The van der Waals surface area contributed by atoms with Crippen LogP contribution in [0.25, 0.3) is 21.4 Å². The molecule has 0 fully saturated rings. The van der Waals surface area contributed by atoms with Crippen molar-refractivity contribution in [1.29, 1.82) is 0 Å². The van der Waals surface area contributed by atoms with Gasteiger partial charge in [-0.15, -0.1) is 0 Å². The average molecular weight is 366 g/mol. The summed E-state index contributed by atoms with van der Waals surface area (Å²) in [5.41, 5.74) is 3.57. The lowest BCUT2D eigenvalue weighted by Gasteiger charge is -2.02. The molecule has 2 N–H and O–H groups in total. The summed E-state index contributed by atoms with van der Waals surface area (Å²) >= 11 is 1.37. The van der Waals surface area contributed by atoms with Crippen LogP contribution in [0, 0.1) is 0 Å². The second-order valence-electron chi connectivity index (χ2n) is 5.97. The fourth-order valence-corrected chi connectivity index (χ4v) is 3.75. The summed E-state index contributed by atoms with van der Waals surface area (Å²) in [6.07, 6.45) is 2.85. The van der Waals surface area contributed by atoms with Gasteiger partial charge in [0.05, 0.1) is 6.33 Å². The van der Waals surface area contributed by atoms with Crippen LogP contribution in [0.15, 0.2) is 36.7 Å². The van der Waals surface area contributed by atoms with E-state index >= 15 is 0 Å². The lowest BCUT2D eigenvalue weighted by molar-refractivity contribution is -0.116. The third-order valence-electron chi connectivity index (χ3n) is 4.17. The predicted molar refractivity (Wildman–Crippen MR) is 105 cm³/mol. The number of pyridine rings is 1. The van der Waals surface area contributed by atoms with E-state index in [1.165, 1.54) is 11.3 Å². The second kappa shape index (κ2) is 6.72. The molecule has 132 valence electrons. The zero-order valence-electron chi connectivity index (χ0n) is 14.5. The first-order chi connectivity index (χ1) is 12.7. The molecule has 0 atom stereocenters. The van der Waals surface area contributed by atoms with Gasteiger partial charge in [0.2, 0.25) is 5.91 Å². The molecular weight excluding hydrogens is 348 g/mol. The number of fused-ring (bicyclic) bond motifs is 3. The van der Waals surface area contributed by atoms with Crippen LogP contribution in [0.4, 0.5) is 10.9 Å². The fraction of sp³-hybridized carbons (Fsp3) is 0.222. The van der Waals surface area contributed by atoms with Crippen LogP contribution in [0.5, 0.6) is 0 Å². The maximum Gasteiger partial charge on any atom is 0.226 e. The molecule has 4 aromatic rings. The molecule has 0 aliphatic rings. The van der Waals surface area contributed by atoms with Crippen molar-refractivity contribution in [2.24, 2.45) is 7.05 Å². The molecule has 0 aliphatic carbocycles. The highest BCUT2D eigenvalue weighted by atomic mass is 32.1. The van der Waals surface area contributed by atoms with E-state index in [1.807, 2.05) is 49.0 Å². The third-order valence-corrected chi connectivity index (χ3v) is 5.04. The first-order valence-corrected chi connectivity index (χ1v) is 9.10. The van der Waals surface area contributed by atoms with Crippen molar-refractivity contribution < 1.29 is 4.79 Å². The van der Waals surface area contributed by atoms with Gasteiger partial charge in [-0.2, -0.15) is 0 Å². The van der Waals surface area contributed by atoms with Crippen molar-refractivity contribution in [3.05, 3.63) is 42.2 Å². The molecule has 8 heteroatoms. The Kier molecular flexibility index (Phi) is 4.26. The summed E-state index contributed by atoms with van der Waals surface area (Å²) in [4.78, 5) is 26.6. The first-order valence-electron chi connectivity index (χ1n) is 8.29. The van der Waals surface area contributed by atoms with E-state index in [-0.39, 0.29) is 5.91 Å². The van der Waals surface area contributed by atoms with E-state index < -0.39 is 0 Å². The van der Waals surface area contributed by atoms with Gasteiger partial charge in [-0.1, -0.05) is 41.7 Å². The highest BCUT2D eigenvalue weighted by Crippen LogP contribution is 2.33. The number of thiazole rings is 1. The third kappa shape index (κ3) is 2.99. The van der Waals surface area contributed by atoms with Crippen molar-refractivity contribution in [2.75, 3.05) is 17.7 Å². The molecule has 3 heterocycles. The number of carbonyl (C=O) groups excluding carboxylic acids is 1. The Morgan fingerprint density at radius 1 is 1.19 bits per heavy atom. The normalized spacial score (nSPS) is 11.2. The molecule has 1 aromatic carbocycles. The van der Waals surface area contributed by atoms with Crippen LogP contribution in [0.3, 0.4) is 0 Å². The minimum atomic E-state index is -0.0528. The Bertz CT molecular complexity index is 1090. The number of aryl methyl sites for hydroxylation is 2. The molecule has 26 heavy (non-hydrogen) atoms. The summed E-state index contributed by atoms with van der Waals surface area (Å²) in [6, 6.07) is 9.97. The largest absolute Gasteiger partial charge is 0.371 e. The van der Waals surface area contributed by atoms with Gasteiger partial charge in [-0.25, -0.2) is 15.0 Å². The number of carbonyl (C=O) groups is 1. The Hall–Kier alpha value is -3.00. The van der Waals surface area contributed by atoms with Crippen molar-refractivity contribution in [3.8, 4) is 0 Å². The summed E-state index contributed by atoms with van der Waals surface area (Å²) < 4.78 is 1.92. The molecule has 7 nitrogen and oxygen atoms in total. The quantitative estimate of drug-likeness (QED) is 0.567. The topological polar surface area (TPSA) is 84.7 Å². The van der Waals surface area contributed by atoms with Crippen LogP contribution < -0.4 is 10.6 Å². The Morgan fingerprint density at radius 3 is 2.77 bits per heavy atom. The van der Waals surface area contributed by atoms with E-state index in [4.69, 9.17) is 0 Å². The molecular formula is C18H18N6OS. The predicted octanol–water partition coefficient (Wildman–Crippen LogP) is 3.19. The summed E-state index contributed by atoms with van der Waals surface area (Å²) in [5, 5.41) is 6.52. The van der Waals surface area contributed by atoms with Gasteiger partial charge in [-0.05, 0) is 12.0 Å². The number of hydrogen-bond donors (Lipinski definition) is 2. The molecule has 4 rings (SSSR count). The average Bonchev–Trinajstić information content (AvgIpc) is 3.23. The van der Waals surface area contributed by atoms with Gasteiger partial charge < -0.3 is 15.2 Å². The lowest BCUT2D eigenvalue weighted by atomic mass is 10.1. The molecule has 0 spiro atoms. The number of amides is 1. The summed E-state index contributed by atoms with van der Waals surface area (Å²) in [5.74, 6) is 0.654. The van der Waals surface area contributed by atoms with Gasteiger partial charge in [0.15, 0.2) is 10.9 Å². The highest BCUT2D eigenvalue weighted by molar-refractivity contribution is 7.22. The van der Waals surface area contributed by atoms with Crippen molar-refractivity contribution in [1.82, 2.24) is 19.5 Å². The number of anilines is 2. The smallest absolute Gasteiger partial charge is 0.226 e. The van der Waals surface area contributed by atoms with Crippen molar-refractivity contribution in [2.45, 2.75) is 12.8 Å².